The largest absolute Gasteiger partial charge is 0.494 e. The first-order chi connectivity index (χ1) is 19.1. The van der Waals surface area contributed by atoms with Crippen LogP contribution in [-0.4, -0.2) is 64.6 Å². The lowest BCUT2D eigenvalue weighted by molar-refractivity contribution is -0.746. The molecule has 3 aromatic heterocycles. The van der Waals surface area contributed by atoms with Crippen LogP contribution < -0.4 is 9.42 Å². The minimum absolute atomic E-state index is 0.0574. The van der Waals surface area contributed by atoms with E-state index in [1.165, 1.54) is 12.1 Å². The molecule has 0 saturated carbocycles. The third kappa shape index (κ3) is 5.79. The fourth-order valence-electron chi connectivity index (χ4n) is 4.52. The molecule has 5 aromatic rings. The fraction of sp³-hybridized carbons (Fsp3) is 0.286. The van der Waals surface area contributed by atoms with Gasteiger partial charge in [-0.2, -0.15) is 0 Å². The number of imidazole rings is 1. The van der Waals surface area contributed by atoms with Crippen LogP contribution in [0.25, 0.3) is 33.7 Å². The summed E-state index contributed by atoms with van der Waals surface area (Å²) in [4.78, 5) is 9.76. The van der Waals surface area contributed by atoms with E-state index in [4.69, 9.17) is 14.0 Å². The molecule has 0 spiro atoms. The second kappa shape index (κ2) is 11.3. The number of morpholine rings is 1. The van der Waals surface area contributed by atoms with Gasteiger partial charge in [0.05, 0.1) is 25.4 Å². The molecule has 1 fully saturated rings. The molecule has 6 rings (SSSR count). The SMILES string of the molecule is Fc1cccc(-c2nc3cn[n+](Cc4cc(-c5ccc(OCCCN6CCOCC6)cc5)no4)cc3[nH]2)c1F. The van der Waals surface area contributed by atoms with Gasteiger partial charge in [0.2, 0.25) is 18.5 Å². The Hall–Kier alpha value is -4.22. The number of benzene rings is 2. The summed E-state index contributed by atoms with van der Waals surface area (Å²) in [5.41, 5.74) is 2.84. The Balaban J connectivity index is 1.07. The lowest BCUT2D eigenvalue weighted by Gasteiger charge is -2.26. The molecule has 1 N–H and O–H groups in total. The van der Waals surface area contributed by atoms with Crippen LogP contribution in [0.4, 0.5) is 8.78 Å². The van der Waals surface area contributed by atoms with Gasteiger partial charge in [-0.15, -0.1) is 0 Å². The van der Waals surface area contributed by atoms with E-state index in [0.29, 0.717) is 35.6 Å². The highest BCUT2D eigenvalue weighted by Gasteiger charge is 2.18. The van der Waals surface area contributed by atoms with E-state index in [0.717, 1.165) is 56.6 Å². The molecule has 200 valence electrons. The van der Waals surface area contributed by atoms with Gasteiger partial charge in [-0.3, -0.25) is 4.90 Å². The van der Waals surface area contributed by atoms with Gasteiger partial charge in [-0.1, -0.05) is 15.9 Å². The second-order valence-corrected chi connectivity index (χ2v) is 9.32. The summed E-state index contributed by atoms with van der Waals surface area (Å²) in [5.74, 6) is -0.220. The smallest absolute Gasteiger partial charge is 0.234 e. The van der Waals surface area contributed by atoms with Crippen molar-refractivity contribution in [1.82, 2.24) is 25.1 Å². The molecular formula is C28H27F2N6O3+. The Bertz CT molecular complexity index is 1560. The minimum atomic E-state index is -0.949. The first kappa shape index (κ1) is 25.1. The molecule has 1 saturated heterocycles. The average Bonchev–Trinajstić information content (AvgIpc) is 3.60. The van der Waals surface area contributed by atoms with Crippen molar-refractivity contribution in [3.63, 3.8) is 0 Å². The van der Waals surface area contributed by atoms with E-state index in [2.05, 4.69) is 25.1 Å². The molecule has 0 unspecified atom stereocenters. The standard InChI is InChI=1S/C28H26F2N6O3/c29-23-4-1-3-22(27(23)30)28-32-25-16-31-36(18-26(25)33-28)17-21-15-24(34-39-21)19-5-7-20(8-6-19)38-12-2-9-35-10-13-37-14-11-35/h1,3-8,15-16,18H,2,9-14,17H2/p+1. The zero-order valence-electron chi connectivity index (χ0n) is 21.1. The minimum Gasteiger partial charge on any atom is -0.494 e. The van der Waals surface area contributed by atoms with Crippen LogP contribution in [0.2, 0.25) is 0 Å². The van der Waals surface area contributed by atoms with Crippen LogP contribution in [0.3, 0.4) is 0 Å². The molecule has 0 amide bonds. The summed E-state index contributed by atoms with van der Waals surface area (Å²) in [5, 5.41) is 8.55. The average molecular weight is 534 g/mol. The highest BCUT2D eigenvalue weighted by atomic mass is 19.2. The van der Waals surface area contributed by atoms with Crippen molar-refractivity contribution in [3.05, 3.63) is 78.3 Å². The number of nitrogens with zero attached hydrogens (tertiary/aromatic N) is 5. The maximum absolute atomic E-state index is 14.2. The molecule has 0 aliphatic carbocycles. The number of nitrogens with one attached hydrogen (secondary N) is 1. The van der Waals surface area contributed by atoms with Gasteiger partial charge in [0.1, 0.15) is 34.5 Å². The van der Waals surface area contributed by atoms with Crippen LogP contribution in [0.5, 0.6) is 5.75 Å². The third-order valence-electron chi connectivity index (χ3n) is 6.59. The number of H-pyrrole nitrogens is 1. The molecule has 39 heavy (non-hydrogen) atoms. The Morgan fingerprint density at radius 2 is 1.92 bits per heavy atom. The Kier molecular flexibility index (Phi) is 7.24. The first-order valence-electron chi connectivity index (χ1n) is 12.8. The van der Waals surface area contributed by atoms with Crippen LogP contribution in [0.1, 0.15) is 12.2 Å². The maximum atomic E-state index is 14.2. The number of aromatic amines is 1. The maximum Gasteiger partial charge on any atom is 0.234 e. The van der Waals surface area contributed by atoms with E-state index < -0.39 is 11.6 Å². The van der Waals surface area contributed by atoms with Gasteiger partial charge >= 0.3 is 0 Å². The van der Waals surface area contributed by atoms with Crippen LogP contribution >= 0.6 is 0 Å². The number of aromatic nitrogens is 5. The zero-order valence-corrected chi connectivity index (χ0v) is 21.1. The summed E-state index contributed by atoms with van der Waals surface area (Å²) in [6, 6.07) is 13.6. The van der Waals surface area contributed by atoms with Gasteiger partial charge in [0.25, 0.3) is 0 Å². The van der Waals surface area contributed by atoms with Gasteiger partial charge in [-0.25, -0.2) is 13.8 Å². The molecule has 4 heterocycles. The predicted molar refractivity (Wildman–Crippen MR) is 138 cm³/mol. The van der Waals surface area contributed by atoms with E-state index in [1.807, 2.05) is 30.3 Å². The van der Waals surface area contributed by atoms with Crippen LogP contribution in [0, 0.1) is 11.6 Å². The molecule has 9 nitrogen and oxygen atoms in total. The summed E-state index contributed by atoms with van der Waals surface area (Å²) >= 11 is 0. The first-order valence-corrected chi connectivity index (χ1v) is 12.8. The Morgan fingerprint density at radius 3 is 2.77 bits per heavy atom. The van der Waals surface area contributed by atoms with Crippen molar-refractivity contribution in [3.8, 4) is 28.4 Å². The molecule has 2 aromatic carbocycles. The van der Waals surface area contributed by atoms with E-state index in [-0.39, 0.29) is 11.4 Å². The number of hydrogen-bond donors (Lipinski definition) is 1. The normalized spacial score (nSPS) is 14.2. The molecule has 0 bridgehead atoms. The van der Waals surface area contributed by atoms with Crippen LogP contribution in [0.15, 0.2) is 65.4 Å². The van der Waals surface area contributed by atoms with Crippen molar-refractivity contribution < 1.29 is 27.5 Å². The highest BCUT2D eigenvalue weighted by Crippen LogP contribution is 2.24. The number of fused-ring (bicyclic) bond motifs is 1. The fourth-order valence-corrected chi connectivity index (χ4v) is 4.52. The van der Waals surface area contributed by atoms with Gasteiger partial charge in [-0.05, 0) is 47.9 Å². The summed E-state index contributed by atoms with van der Waals surface area (Å²) < 4.78 is 46.3. The number of ether oxygens (including phenoxy) is 2. The monoisotopic (exact) mass is 533 g/mol. The Morgan fingerprint density at radius 1 is 1.08 bits per heavy atom. The second-order valence-electron chi connectivity index (χ2n) is 9.32. The molecule has 1 aliphatic rings. The Labute approximate surface area is 223 Å². The number of rotatable bonds is 9. The highest BCUT2D eigenvalue weighted by molar-refractivity contribution is 5.77. The van der Waals surface area contributed by atoms with Crippen LogP contribution in [-0.2, 0) is 11.3 Å². The number of halogens is 2. The lowest BCUT2D eigenvalue weighted by atomic mass is 10.1. The summed E-state index contributed by atoms with van der Waals surface area (Å²) in [7, 11) is 0. The summed E-state index contributed by atoms with van der Waals surface area (Å²) in [6.45, 7) is 5.59. The van der Waals surface area contributed by atoms with Gasteiger partial charge < -0.3 is 19.0 Å². The van der Waals surface area contributed by atoms with Gasteiger partial charge in [0, 0.05) is 31.3 Å². The topological polar surface area (TPSA) is 93.2 Å². The molecular weight excluding hydrogens is 506 g/mol. The lowest BCUT2D eigenvalue weighted by Crippen LogP contribution is -2.37. The molecule has 11 heteroatoms. The van der Waals surface area contributed by atoms with Gasteiger partial charge in [0.15, 0.2) is 11.6 Å². The van der Waals surface area contributed by atoms with E-state index in [1.54, 1.807) is 17.1 Å². The third-order valence-corrected chi connectivity index (χ3v) is 6.59. The van der Waals surface area contributed by atoms with Crippen molar-refractivity contribution in [2.24, 2.45) is 0 Å². The zero-order chi connectivity index (χ0) is 26.6. The number of hydrogen-bond acceptors (Lipinski definition) is 7. The quantitative estimate of drug-likeness (QED) is 0.226. The van der Waals surface area contributed by atoms with Crippen molar-refractivity contribution >= 4 is 11.0 Å². The van der Waals surface area contributed by atoms with E-state index in [9.17, 15) is 8.78 Å². The predicted octanol–water partition coefficient (Wildman–Crippen LogP) is 4.00. The van der Waals surface area contributed by atoms with Crippen molar-refractivity contribution in [2.45, 2.75) is 13.0 Å². The molecule has 1 aliphatic heterocycles. The van der Waals surface area contributed by atoms with Crippen molar-refractivity contribution in [1.29, 1.82) is 0 Å². The van der Waals surface area contributed by atoms with E-state index >= 15 is 0 Å². The van der Waals surface area contributed by atoms with Crippen molar-refractivity contribution in [2.75, 3.05) is 39.5 Å². The summed E-state index contributed by atoms with van der Waals surface area (Å²) in [6.07, 6.45) is 4.26. The molecule has 0 radical (unpaired) electrons. The molecule has 0 atom stereocenters.